The van der Waals surface area contributed by atoms with Crippen LogP contribution in [-0.4, -0.2) is 35.7 Å². The Kier molecular flexibility index (Phi) is 6.56. The van der Waals surface area contributed by atoms with Crippen molar-refractivity contribution in [3.63, 3.8) is 0 Å². The maximum absolute atomic E-state index is 12.6. The van der Waals surface area contributed by atoms with E-state index < -0.39 is 0 Å². The van der Waals surface area contributed by atoms with Crippen LogP contribution in [0.2, 0.25) is 0 Å². The molecule has 0 saturated carbocycles. The van der Waals surface area contributed by atoms with Crippen LogP contribution in [0.5, 0.6) is 0 Å². The molecule has 1 atom stereocenters. The zero-order chi connectivity index (χ0) is 18.4. The van der Waals surface area contributed by atoms with Crippen molar-refractivity contribution < 1.29 is 14.4 Å². The Bertz CT molecular complexity index is 619. The largest absolute Gasteiger partial charge is 0.370 e. The number of aryl methyl sites for hydroxylation is 1. The highest BCUT2D eigenvalue weighted by Gasteiger charge is 2.26. The first-order valence-corrected chi connectivity index (χ1v) is 8.75. The van der Waals surface area contributed by atoms with Crippen LogP contribution >= 0.6 is 0 Å². The molecule has 3 amide bonds. The Labute approximate surface area is 148 Å². The molecule has 0 aliphatic carbocycles. The Morgan fingerprint density at radius 1 is 1.20 bits per heavy atom. The summed E-state index contributed by atoms with van der Waals surface area (Å²) < 4.78 is 0. The molecule has 6 heteroatoms. The lowest BCUT2D eigenvalue weighted by atomic mass is 9.92. The van der Waals surface area contributed by atoms with E-state index in [0.717, 1.165) is 24.0 Å². The number of piperidine rings is 1. The molecule has 25 heavy (non-hydrogen) atoms. The number of nitrogens with zero attached hydrogens (tertiary/aromatic N) is 1. The molecule has 0 spiro atoms. The number of amides is 3. The van der Waals surface area contributed by atoms with Gasteiger partial charge in [0.25, 0.3) is 0 Å². The van der Waals surface area contributed by atoms with Crippen molar-refractivity contribution in [3.05, 3.63) is 35.4 Å². The zero-order valence-corrected chi connectivity index (χ0v) is 15.0. The summed E-state index contributed by atoms with van der Waals surface area (Å²) in [6.07, 6.45) is 2.22. The van der Waals surface area contributed by atoms with Crippen LogP contribution < -0.4 is 11.1 Å². The number of nitrogens with two attached hydrogens (primary N) is 1. The molecule has 0 aromatic heterocycles. The van der Waals surface area contributed by atoms with Gasteiger partial charge in [-0.3, -0.25) is 14.4 Å². The van der Waals surface area contributed by atoms with Crippen LogP contribution in [0, 0.1) is 12.8 Å². The summed E-state index contributed by atoms with van der Waals surface area (Å²) in [7, 11) is 0. The van der Waals surface area contributed by atoms with E-state index in [1.54, 1.807) is 0 Å². The smallest absolute Gasteiger partial charge is 0.224 e. The lowest BCUT2D eigenvalue weighted by Crippen LogP contribution is -2.41. The molecular formula is C19H27N3O3. The van der Waals surface area contributed by atoms with E-state index in [9.17, 15) is 14.4 Å². The fourth-order valence-electron chi connectivity index (χ4n) is 3.27. The van der Waals surface area contributed by atoms with Crippen LogP contribution in [0.3, 0.4) is 0 Å². The summed E-state index contributed by atoms with van der Waals surface area (Å²) in [5.74, 6) is -0.143. The van der Waals surface area contributed by atoms with E-state index in [0.29, 0.717) is 19.5 Å². The fraction of sp³-hybridized carbons (Fsp3) is 0.526. The van der Waals surface area contributed by atoms with Gasteiger partial charge in [-0.2, -0.15) is 0 Å². The SMILES string of the molecule is CC(=O)NC(CC(=O)N1CCC(CC(N)=O)CC1)c1ccc(C)cc1. The van der Waals surface area contributed by atoms with E-state index in [-0.39, 0.29) is 36.1 Å². The normalized spacial score (nSPS) is 16.3. The van der Waals surface area contributed by atoms with Gasteiger partial charge < -0.3 is 16.0 Å². The molecule has 1 fully saturated rings. The summed E-state index contributed by atoms with van der Waals surface area (Å²) in [6.45, 7) is 4.73. The van der Waals surface area contributed by atoms with Crippen molar-refractivity contribution in [2.75, 3.05) is 13.1 Å². The first-order valence-electron chi connectivity index (χ1n) is 8.75. The van der Waals surface area contributed by atoms with Crippen LogP contribution in [-0.2, 0) is 14.4 Å². The maximum Gasteiger partial charge on any atom is 0.224 e. The molecule has 0 bridgehead atoms. The molecule has 0 radical (unpaired) electrons. The number of benzene rings is 1. The van der Waals surface area contributed by atoms with Gasteiger partial charge in [0.05, 0.1) is 12.5 Å². The predicted molar refractivity (Wildman–Crippen MR) is 95.5 cm³/mol. The van der Waals surface area contributed by atoms with Crippen LogP contribution in [0.15, 0.2) is 24.3 Å². The second-order valence-corrected chi connectivity index (χ2v) is 6.86. The average molecular weight is 345 g/mol. The topological polar surface area (TPSA) is 92.5 Å². The minimum atomic E-state index is -0.325. The van der Waals surface area contributed by atoms with Crippen molar-refractivity contribution in [2.24, 2.45) is 11.7 Å². The summed E-state index contributed by atoms with van der Waals surface area (Å²) >= 11 is 0. The van der Waals surface area contributed by atoms with E-state index in [1.807, 2.05) is 36.1 Å². The summed E-state index contributed by atoms with van der Waals surface area (Å²) in [5, 5.41) is 2.87. The Morgan fingerprint density at radius 3 is 2.32 bits per heavy atom. The van der Waals surface area contributed by atoms with Gasteiger partial charge in [0, 0.05) is 26.4 Å². The molecule has 1 aromatic rings. The van der Waals surface area contributed by atoms with Gasteiger partial charge in [-0.15, -0.1) is 0 Å². The Morgan fingerprint density at radius 2 is 1.80 bits per heavy atom. The number of nitrogens with one attached hydrogen (secondary N) is 1. The number of rotatable bonds is 6. The van der Waals surface area contributed by atoms with Gasteiger partial charge in [-0.05, 0) is 31.2 Å². The van der Waals surface area contributed by atoms with Gasteiger partial charge in [0.2, 0.25) is 17.7 Å². The van der Waals surface area contributed by atoms with Crippen molar-refractivity contribution >= 4 is 17.7 Å². The average Bonchev–Trinajstić information content (AvgIpc) is 2.54. The summed E-state index contributed by atoms with van der Waals surface area (Å²) in [5.41, 5.74) is 7.31. The highest BCUT2D eigenvalue weighted by atomic mass is 16.2. The van der Waals surface area contributed by atoms with Gasteiger partial charge in [0.15, 0.2) is 0 Å². The lowest BCUT2D eigenvalue weighted by molar-refractivity contribution is -0.133. The van der Waals surface area contributed by atoms with Gasteiger partial charge >= 0.3 is 0 Å². The summed E-state index contributed by atoms with van der Waals surface area (Å²) in [4.78, 5) is 37.0. The number of hydrogen-bond donors (Lipinski definition) is 2. The highest BCUT2D eigenvalue weighted by molar-refractivity contribution is 5.79. The molecule has 6 nitrogen and oxygen atoms in total. The first-order chi connectivity index (χ1) is 11.8. The number of primary amides is 1. The van der Waals surface area contributed by atoms with Crippen LogP contribution in [0.4, 0.5) is 0 Å². The minimum absolute atomic E-state index is 0.0249. The monoisotopic (exact) mass is 345 g/mol. The number of carbonyl (C=O) groups excluding carboxylic acids is 3. The highest BCUT2D eigenvalue weighted by Crippen LogP contribution is 2.23. The third kappa shape index (κ3) is 5.89. The fourth-order valence-corrected chi connectivity index (χ4v) is 3.27. The van der Waals surface area contributed by atoms with E-state index in [4.69, 9.17) is 5.73 Å². The number of carbonyl (C=O) groups is 3. The van der Waals surface area contributed by atoms with Crippen LogP contribution in [0.1, 0.15) is 49.8 Å². The standard InChI is InChI=1S/C19H27N3O3/c1-13-3-5-16(6-4-13)17(21-14(2)23)12-19(25)22-9-7-15(8-10-22)11-18(20)24/h3-6,15,17H,7-12H2,1-2H3,(H2,20,24)(H,21,23). The maximum atomic E-state index is 12.6. The molecule has 1 aliphatic heterocycles. The number of hydrogen-bond acceptors (Lipinski definition) is 3. The molecule has 1 saturated heterocycles. The van der Waals surface area contributed by atoms with Crippen molar-refractivity contribution in [1.29, 1.82) is 0 Å². The molecular weight excluding hydrogens is 318 g/mol. The molecule has 1 heterocycles. The molecule has 136 valence electrons. The molecule has 2 rings (SSSR count). The first kappa shape index (κ1) is 19.0. The third-order valence-corrected chi connectivity index (χ3v) is 4.69. The van der Waals surface area contributed by atoms with Gasteiger partial charge in [-0.25, -0.2) is 0 Å². The third-order valence-electron chi connectivity index (χ3n) is 4.69. The predicted octanol–water partition coefficient (Wildman–Crippen LogP) is 1.68. The summed E-state index contributed by atoms with van der Waals surface area (Å²) in [6, 6.07) is 7.52. The lowest BCUT2D eigenvalue weighted by Gasteiger charge is -2.32. The molecule has 1 unspecified atom stereocenters. The molecule has 1 aliphatic rings. The van der Waals surface area contributed by atoms with Gasteiger partial charge in [0.1, 0.15) is 0 Å². The van der Waals surface area contributed by atoms with E-state index in [1.165, 1.54) is 6.92 Å². The van der Waals surface area contributed by atoms with Crippen LogP contribution in [0.25, 0.3) is 0 Å². The number of likely N-dealkylation sites (tertiary alicyclic amines) is 1. The Balaban J connectivity index is 1.96. The molecule has 3 N–H and O–H groups in total. The van der Waals surface area contributed by atoms with Crippen molar-refractivity contribution in [3.8, 4) is 0 Å². The van der Waals surface area contributed by atoms with Gasteiger partial charge in [-0.1, -0.05) is 29.8 Å². The quantitative estimate of drug-likeness (QED) is 0.821. The van der Waals surface area contributed by atoms with E-state index >= 15 is 0 Å². The second-order valence-electron chi connectivity index (χ2n) is 6.86. The molecule has 1 aromatic carbocycles. The Hall–Kier alpha value is -2.37. The second kappa shape index (κ2) is 8.65. The minimum Gasteiger partial charge on any atom is -0.370 e. The van der Waals surface area contributed by atoms with Crippen molar-refractivity contribution in [2.45, 2.75) is 45.6 Å². The van der Waals surface area contributed by atoms with E-state index in [2.05, 4.69) is 5.32 Å². The zero-order valence-electron chi connectivity index (χ0n) is 15.0. The van der Waals surface area contributed by atoms with Crippen molar-refractivity contribution in [1.82, 2.24) is 10.2 Å².